The third-order valence-electron chi connectivity index (χ3n) is 3.57. The number of amides is 1. The van der Waals surface area contributed by atoms with Gasteiger partial charge in [0.15, 0.2) is 0 Å². The third-order valence-corrected chi connectivity index (χ3v) is 4.22. The number of aryl methyl sites for hydroxylation is 1. The van der Waals surface area contributed by atoms with Crippen LogP contribution in [0.3, 0.4) is 0 Å². The van der Waals surface area contributed by atoms with E-state index in [1.54, 1.807) is 18.5 Å². The zero-order valence-corrected chi connectivity index (χ0v) is 15.2. The first-order valence-electron chi connectivity index (χ1n) is 7.79. The number of aromatic nitrogens is 2. The van der Waals surface area contributed by atoms with Crippen molar-refractivity contribution >= 4 is 33.2 Å². The Balaban J connectivity index is 1.69. The molecule has 0 fully saturated rings. The Labute approximate surface area is 154 Å². The summed E-state index contributed by atoms with van der Waals surface area (Å²) in [6.45, 7) is 2.57. The van der Waals surface area contributed by atoms with Crippen LogP contribution in [0.2, 0.25) is 0 Å². The topological polar surface area (TPSA) is 66.9 Å². The molecule has 6 heteroatoms. The largest absolute Gasteiger partial charge is 0.379 e. The molecule has 0 atom stereocenters. The average Bonchev–Trinajstić information content (AvgIpc) is 2.63. The number of pyridine rings is 2. The second-order valence-corrected chi connectivity index (χ2v) is 6.40. The van der Waals surface area contributed by atoms with E-state index in [1.807, 2.05) is 49.4 Å². The monoisotopic (exact) mass is 396 g/mol. The van der Waals surface area contributed by atoms with Crippen LogP contribution in [0.15, 0.2) is 65.4 Å². The number of nitrogens with zero attached hydrogens (tertiary/aromatic N) is 2. The predicted molar refractivity (Wildman–Crippen MR) is 103 cm³/mol. The standard InChI is InChI=1S/C19H17BrN4O/c1-13-5-6-17(16(20)10-13)24-19(25)18-11-14(7-9-22-18)23-12-15-4-2-3-8-21-15/h2-11H,12H2,1H3,(H,22,23)(H,24,25). The normalized spacial score (nSPS) is 10.3. The summed E-state index contributed by atoms with van der Waals surface area (Å²) >= 11 is 3.46. The smallest absolute Gasteiger partial charge is 0.274 e. The molecule has 0 saturated carbocycles. The first-order chi connectivity index (χ1) is 12.1. The number of hydrogen-bond acceptors (Lipinski definition) is 4. The van der Waals surface area contributed by atoms with Crippen molar-refractivity contribution in [2.24, 2.45) is 0 Å². The van der Waals surface area contributed by atoms with Crippen LogP contribution in [0, 0.1) is 6.92 Å². The van der Waals surface area contributed by atoms with Crippen molar-refractivity contribution in [3.8, 4) is 0 Å². The molecule has 5 nitrogen and oxygen atoms in total. The van der Waals surface area contributed by atoms with Gasteiger partial charge < -0.3 is 10.6 Å². The van der Waals surface area contributed by atoms with Crippen LogP contribution in [0.25, 0.3) is 0 Å². The van der Waals surface area contributed by atoms with Crippen LogP contribution >= 0.6 is 15.9 Å². The van der Waals surface area contributed by atoms with Gasteiger partial charge in [-0.3, -0.25) is 14.8 Å². The molecule has 0 aliphatic carbocycles. The van der Waals surface area contributed by atoms with Crippen molar-refractivity contribution < 1.29 is 4.79 Å². The number of carbonyl (C=O) groups is 1. The SMILES string of the molecule is Cc1ccc(NC(=O)c2cc(NCc3ccccn3)ccn2)c(Br)c1. The van der Waals surface area contributed by atoms with Gasteiger partial charge in [-0.15, -0.1) is 0 Å². The van der Waals surface area contributed by atoms with E-state index < -0.39 is 0 Å². The molecule has 3 aromatic rings. The van der Waals surface area contributed by atoms with Gasteiger partial charge in [0, 0.05) is 22.6 Å². The summed E-state index contributed by atoms with van der Waals surface area (Å²) < 4.78 is 0.838. The quantitative estimate of drug-likeness (QED) is 0.669. The molecule has 2 N–H and O–H groups in total. The number of hydrogen-bond donors (Lipinski definition) is 2. The zero-order valence-electron chi connectivity index (χ0n) is 13.7. The van der Waals surface area contributed by atoms with Gasteiger partial charge in [0.05, 0.1) is 17.9 Å². The fourth-order valence-corrected chi connectivity index (χ4v) is 2.86. The molecule has 3 rings (SSSR count). The lowest BCUT2D eigenvalue weighted by Crippen LogP contribution is -2.14. The molecule has 0 unspecified atom stereocenters. The van der Waals surface area contributed by atoms with E-state index in [0.29, 0.717) is 17.9 Å². The Kier molecular flexibility index (Phi) is 5.40. The molecule has 25 heavy (non-hydrogen) atoms. The van der Waals surface area contributed by atoms with Gasteiger partial charge in [-0.1, -0.05) is 12.1 Å². The van der Waals surface area contributed by atoms with Crippen LogP contribution in [-0.2, 0) is 6.54 Å². The first kappa shape index (κ1) is 17.1. The van der Waals surface area contributed by atoms with E-state index >= 15 is 0 Å². The summed E-state index contributed by atoms with van der Waals surface area (Å²) in [4.78, 5) is 20.9. The van der Waals surface area contributed by atoms with Crippen LogP contribution in [0.5, 0.6) is 0 Å². The lowest BCUT2D eigenvalue weighted by molar-refractivity contribution is 0.102. The zero-order chi connectivity index (χ0) is 17.6. The number of rotatable bonds is 5. The predicted octanol–water partition coefficient (Wildman–Crippen LogP) is 4.41. The summed E-state index contributed by atoms with van der Waals surface area (Å²) in [5, 5.41) is 6.11. The Hall–Kier alpha value is -2.73. The highest BCUT2D eigenvalue weighted by Gasteiger charge is 2.10. The molecule has 0 aliphatic rings. The second kappa shape index (κ2) is 7.90. The summed E-state index contributed by atoms with van der Waals surface area (Å²) in [7, 11) is 0. The highest BCUT2D eigenvalue weighted by Crippen LogP contribution is 2.24. The minimum atomic E-state index is -0.258. The Bertz CT molecular complexity index is 884. The fourth-order valence-electron chi connectivity index (χ4n) is 2.27. The van der Waals surface area contributed by atoms with Crippen molar-refractivity contribution in [1.82, 2.24) is 9.97 Å². The van der Waals surface area contributed by atoms with Crippen molar-refractivity contribution in [2.45, 2.75) is 13.5 Å². The summed E-state index contributed by atoms with van der Waals surface area (Å²) in [6.07, 6.45) is 3.36. The molecule has 2 aromatic heterocycles. The first-order valence-corrected chi connectivity index (χ1v) is 8.58. The van der Waals surface area contributed by atoms with Crippen molar-refractivity contribution in [3.63, 3.8) is 0 Å². The van der Waals surface area contributed by atoms with Gasteiger partial charge in [0.25, 0.3) is 5.91 Å². The molecule has 126 valence electrons. The van der Waals surface area contributed by atoms with Crippen molar-refractivity contribution in [3.05, 3.63) is 82.3 Å². The number of nitrogens with one attached hydrogen (secondary N) is 2. The molecule has 0 bridgehead atoms. The molecule has 0 radical (unpaired) electrons. The molecule has 2 heterocycles. The Morgan fingerprint density at radius 2 is 1.96 bits per heavy atom. The second-order valence-electron chi connectivity index (χ2n) is 5.54. The van der Waals surface area contributed by atoms with Crippen LogP contribution in [0.4, 0.5) is 11.4 Å². The molecule has 0 aliphatic heterocycles. The molecular weight excluding hydrogens is 380 g/mol. The minimum Gasteiger partial charge on any atom is -0.379 e. The van der Waals surface area contributed by atoms with E-state index in [9.17, 15) is 4.79 Å². The highest BCUT2D eigenvalue weighted by molar-refractivity contribution is 9.10. The maximum absolute atomic E-state index is 12.4. The molecule has 0 saturated heterocycles. The van der Waals surface area contributed by atoms with E-state index in [-0.39, 0.29) is 5.91 Å². The summed E-state index contributed by atoms with van der Waals surface area (Å²) in [5.74, 6) is -0.258. The highest BCUT2D eigenvalue weighted by atomic mass is 79.9. The van der Waals surface area contributed by atoms with Gasteiger partial charge in [-0.2, -0.15) is 0 Å². The van der Waals surface area contributed by atoms with Gasteiger partial charge in [-0.25, -0.2) is 0 Å². The van der Waals surface area contributed by atoms with Gasteiger partial charge in [-0.05, 0) is 64.8 Å². The number of carbonyl (C=O) groups excluding carboxylic acids is 1. The van der Waals surface area contributed by atoms with E-state index in [2.05, 4.69) is 36.5 Å². The fraction of sp³-hybridized carbons (Fsp3) is 0.105. The van der Waals surface area contributed by atoms with Crippen LogP contribution in [-0.4, -0.2) is 15.9 Å². The Morgan fingerprint density at radius 1 is 1.08 bits per heavy atom. The average molecular weight is 397 g/mol. The van der Waals surface area contributed by atoms with Gasteiger partial charge in [0.2, 0.25) is 0 Å². The lowest BCUT2D eigenvalue weighted by atomic mass is 10.2. The van der Waals surface area contributed by atoms with Crippen LogP contribution < -0.4 is 10.6 Å². The van der Waals surface area contributed by atoms with E-state index in [4.69, 9.17) is 0 Å². The molecular formula is C19H17BrN4O. The van der Waals surface area contributed by atoms with Crippen molar-refractivity contribution in [2.75, 3.05) is 10.6 Å². The summed E-state index contributed by atoms with van der Waals surface area (Å²) in [5.41, 5.74) is 3.91. The van der Waals surface area contributed by atoms with Crippen LogP contribution in [0.1, 0.15) is 21.7 Å². The Morgan fingerprint density at radius 3 is 2.72 bits per heavy atom. The molecule has 0 spiro atoms. The lowest BCUT2D eigenvalue weighted by Gasteiger charge is -2.10. The van der Waals surface area contributed by atoms with Gasteiger partial charge >= 0.3 is 0 Å². The molecule has 1 aromatic carbocycles. The van der Waals surface area contributed by atoms with E-state index in [0.717, 1.165) is 21.4 Å². The maximum atomic E-state index is 12.4. The third kappa shape index (κ3) is 4.64. The maximum Gasteiger partial charge on any atom is 0.274 e. The number of anilines is 2. The number of halogens is 1. The van der Waals surface area contributed by atoms with Crippen molar-refractivity contribution in [1.29, 1.82) is 0 Å². The van der Waals surface area contributed by atoms with E-state index in [1.165, 1.54) is 0 Å². The minimum absolute atomic E-state index is 0.258. The number of benzene rings is 1. The molecule has 1 amide bonds. The van der Waals surface area contributed by atoms with Gasteiger partial charge in [0.1, 0.15) is 5.69 Å². The summed E-state index contributed by atoms with van der Waals surface area (Å²) in [6, 6.07) is 15.1.